The first-order valence-corrected chi connectivity index (χ1v) is 7.78. The summed E-state index contributed by atoms with van der Waals surface area (Å²) < 4.78 is 26.9. The highest BCUT2D eigenvalue weighted by molar-refractivity contribution is 7.89. The maximum Gasteiger partial charge on any atom is 0.240 e. The molecule has 18 heavy (non-hydrogen) atoms. The van der Waals surface area contributed by atoms with Crippen LogP contribution in [0.15, 0.2) is 23.1 Å². The molecule has 1 aromatic rings. The first-order chi connectivity index (χ1) is 8.49. The third-order valence-corrected chi connectivity index (χ3v) is 4.66. The molecule has 1 aromatic carbocycles. The lowest BCUT2D eigenvalue weighted by atomic mass is 10.2. The van der Waals surface area contributed by atoms with E-state index in [0.717, 1.165) is 11.1 Å². The summed E-state index contributed by atoms with van der Waals surface area (Å²) in [5.74, 6) is 0. The van der Waals surface area contributed by atoms with E-state index >= 15 is 0 Å². The molecule has 2 rings (SSSR count). The van der Waals surface area contributed by atoms with Crippen LogP contribution >= 0.6 is 0 Å². The molecule has 0 bridgehead atoms. The Labute approximate surface area is 109 Å². The van der Waals surface area contributed by atoms with Gasteiger partial charge in [-0.05, 0) is 43.9 Å². The van der Waals surface area contributed by atoms with Crippen molar-refractivity contribution < 1.29 is 8.42 Å². The minimum Gasteiger partial charge on any atom is -0.313 e. The fourth-order valence-corrected chi connectivity index (χ4v) is 3.18. The van der Waals surface area contributed by atoms with Crippen LogP contribution in [0, 0.1) is 13.8 Å². The van der Waals surface area contributed by atoms with E-state index in [1.807, 2.05) is 26.0 Å². The first kappa shape index (κ1) is 13.5. The zero-order chi connectivity index (χ0) is 13.2. The van der Waals surface area contributed by atoms with Crippen LogP contribution in [0.3, 0.4) is 0 Å². The van der Waals surface area contributed by atoms with Crippen LogP contribution < -0.4 is 10.0 Å². The monoisotopic (exact) mass is 268 g/mol. The second-order valence-corrected chi connectivity index (χ2v) is 6.63. The fourth-order valence-electron chi connectivity index (χ4n) is 1.82. The Bertz CT molecular complexity index is 522. The highest BCUT2D eigenvalue weighted by Crippen LogP contribution is 2.18. The van der Waals surface area contributed by atoms with E-state index < -0.39 is 10.0 Å². The maximum absolute atomic E-state index is 12.1. The van der Waals surface area contributed by atoms with Crippen molar-refractivity contribution in [2.24, 2.45) is 0 Å². The van der Waals surface area contributed by atoms with Crippen LogP contribution in [0.1, 0.15) is 24.0 Å². The van der Waals surface area contributed by atoms with Crippen molar-refractivity contribution in [3.8, 4) is 0 Å². The summed E-state index contributed by atoms with van der Waals surface area (Å²) in [7, 11) is -3.38. The molecule has 2 N–H and O–H groups in total. The fraction of sp³-hybridized carbons (Fsp3) is 0.538. The number of rotatable bonds is 6. The van der Waals surface area contributed by atoms with E-state index in [9.17, 15) is 8.42 Å². The maximum atomic E-state index is 12.1. The van der Waals surface area contributed by atoms with E-state index in [1.54, 1.807) is 6.07 Å². The second-order valence-electron chi connectivity index (χ2n) is 4.90. The molecule has 5 heteroatoms. The third-order valence-electron chi connectivity index (χ3n) is 3.06. The molecule has 4 nitrogen and oxygen atoms in total. The van der Waals surface area contributed by atoms with Gasteiger partial charge in [0, 0.05) is 19.1 Å². The van der Waals surface area contributed by atoms with Crippen molar-refractivity contribution >= 4 is 10.0 Å². The minimum atomic E-state index is -3.38. The van der Waals surface area contributed by atoms with Crippen molar-refractivity contribution in [2.45, 2.75) is 37.6 Å². The highest BCUT2D eigenvalue weighted by atomic mass is 32.2. The van der Waals surface area contributed by atoms with Gasteiger partial charge >= 0.3 is 0 Å². The zero-order valence-corrected chi connectivity index (χ0v) is 11.7. The number of hydrogen-bond acceptors (Lipinski definition) is 3. The van der Waals surface area contributed by atoms with Crippen molar-refractivity contribution in [1.82, 2.24) is 10.0 Å². The van der Waals surface area contributed by atoms with E-state index in [0.29, 0.717) is 24.0 Å². The summed E-state index contributed by atoms with van der Waals surface area (Å²) in [6.45, 7) is 4.84. The second kappa shape index (κ2) is 5.38. The van der Waals surface area contributed by atoms with Gasteiger partial charge < -0.3 is 5.32 Å². The SMILES string of the molecule is Cc1ccc(C)c(S(=O)(=O)NCCNC2CC2)c1. The molecule has 0 amide bonds. The first-order valence-electron chi connectivity index (χ1n) is 6.29. The Morgan fingerprint density at radius 3 is 2.61 bits per heavy atom. The Balaban J connectivity index is 1.97. The molecule has 0 atom stereocenters. The van der Waals surface area contributed by atoms with E-state index in [-0.39, 0.29) is 0 Å². The number of sulfonamides is 1. The van der Waals surface area contributed by atoms with Gasteiger partial charge in [-0.1, -0.05) is 12.1 Å². The zero-order valence-electron chi connectivity index (χ0n) is 10.9. The quantitative estimate of drug-likeness (QED) is 0.765. The summed E-state index contributed by atoms with van der Waals surface area (Å²) in [6.07, 6.45) is 2.42. The van der Waals surface area contributed by atoms with Gasteiger partial charge in [0.25, 0.3) is 0 Å². The lowest BCUT2D eigenvalue weighted by molar-refractivity contribution is 0.574. The summed E-state index contributed by atoms with van der Waals surface area (Å²) in [5.41, 5.74) is 1.74. The standard InChI is InChI=1S/C13H20N2O2S/c1-10-3-4-11(2)13(9-10)18(16,17)15-8-7-14-12-5-6-12/h3-4,9,12,14-15H,5-8H2,1-2H3. The summed E-state index contributed by atoms with van der Waals surface area (Å²) in [6, 6.07) is 6.08. The van der Waals surface area contributed by atoms with Crippen LogP contribution in [-0.4, -0.2) is 27.5 Å². The topological polar surface area (TPSA) is 58.2 Å². The summed E-state index contributed by atoms with van der Waals surface area (Å²) in [4.78, 5) is 0.383. The Morgan fingerprint density at radius 2 is 1.94 bits per heavy atom. The van der Waals surface area contributed by atoms with Gasteiger partial charge in [-0.3, -0.25) is 0 Å². The van der Waals surface area contributed by atoms with Crippen LogP contribution in [0.4, 0.5) is 0 Å². The highest BCUT2D eigenvalue weighted by Gasteiger charge is 2.20. The molecule has 0 spiro atoms. The van der Waals surface area contributed by atoms with Gasteiger partial charge in [0.2, 0.25) is 10.0 Å². The van der Waals surface area contributed by atoms with Crippen LogP contribution in [0.2, 0.25) is 0 Å². The lowest BCUT2D eigenvalue weighted by Crippen LogP contribution is -2.33. The summed E-state index contributed by atoms with van der Waals surface area (Å²) in [5, 5.41) is 3.28. The third kappa shape index (κ3) is 3.54. The van der Waals surface area contributed by atoms with Crippen LogP contribution in [0.25, 0.3) is 0 Å². The number of nitrogens with one attached hydrogen (secondary N) is 2. The van der Waals surface area contributed by atoms with Crippen LogP contribution in [0.5, 0.6) is 0 Å². The summed E-state index contributed by atoms with van der Waals surface area (Å²) >= 11 is 0. The van der Waals surface area contributed by atoms with Gasteiger partial charge in [0.05, 0.1) is 4.90 Å². The van der Waals surface area contributed by atoms with Gasteiger partial charge in [-0.25, -0.2) is 13.1 Å². The van der Waals surface area contributed by atoms with E-state index in [4.69, 9.17) is 0 Å². The molecule has 0 radical (unpaired) electrons. The molecule has 0 aliphatic heterocycles. The molecule has 1 aliphatic carbocycles. The molecule has 0 aromatic heterocycles. The molecule has 1 fully saturated rings. The van der Waals surface area contributed by atoms with Crippen molar-refractivity contribution in [3.05, 3.63) is 29.3 Å². The minimum absolute atomic E-state index is 0.383. The average molecular weight is 268 g/mol. The number of aryl methyl sites for hydroxylation is 2. The van der Waals surface area contributed by atoms with Gasteiger partial charge in [0.1, 0.15) is 0 Å². The molecule has 100 valence electrons. The van der Waals surface area contributed by atoms with E-state index in [1.165, 1.54) is 12.8 Å². The van der Waals surface area contributed by atoms with E-state index in [2.05, 4.69) is 10.0 Å². The molecule has 0 heterocycles. The normalized spacial score (nSPS) is 15.9. The number of hydrogen-bond donors (Lipinski definition) is 2. The lowest BCUT2D eigenvalue weighted by Gasteiger charge is -2.10. The Hall–Kier alpha value is -0.910. The smallest absolute Gasteiger partial charge is 0.240 e. The molecule has 1 saturated carbocycles. The van der Waals surface area contributed by atoms with Crippen molar-refractivity contribution in [1.29, 1.82) is 0 Å². The van der Waals surface area contributed by atoms with Crippen molar-refractivity contribution in [3.63, 3.8) is 0 Å². The predicted molar refractivity (Wildman–Crippen MR) is 72.1 cm³/mol. The van der Waals surface area contributed by atoms with Gasteiger partial charge in [-0.2, -0.15) is 0 Å². The average Bonchev–Trinajstić information content (AvgIpc) is 3.12. The predicted octanol–water partition coefficient (Wildman–Crippen LogP) is 1.33. The molecular weight excluding hydrogens is 248 g/mol. The van der Waals surface area contributed by atoms with Gasteiger partial charge in [0.15, 0.2) is 0 Å². The largest absolute Gasteiger partial charge is 0.313 e. The molecule has 0 saturated heterocycles. The van der Waals surface area contributed by atoms with Crippen molar-refractivity contribution in [2.75, 3.05) is 13.1 Å². The molecular formula is C13H20N2O2S. The molecule has 0 unspecified atom stereocenters. The van der Waals surface area contributed by atoms with Gasteiger partial charge in [-0.15, -0.1) is 0 Å². The Morgan fingerprint density at radius 1 is 1.22 bits per heavy atom. The van der Waals surface area contributed by atoms with Crippen LogP contribution in [-0.2, 0) is 10.0 Å². The Kier molecular flexibility index (Phi) is 4.04. The molecule has 1 aliphatic rings. The number of benzene rings is 1.